The fourth-order valence-electron chi connectivity index (χ4n) is 2.68. The smallest absolute Gasteiger partial charge is 0.243 e. The summed E-state index contributed by atoms with van der Waals surface area (Å²) in [6.07, 6.45) is 0.897. The highest BCUT2D eigenvalue weighted by Crippen LogP contribution is 2.36. The van der Waals surface area contributed by atoms with Gasteiger partial charge in [0.2, 0.25) is 10.0 Å². The zero-order valence-electron chi connectivity index (χ0n) is 13.1. The third kappa shape index (κ3) is 3.16. The molecule has 0 radical (unpaired) electrons. The summed E-state index contributed by atoms with van der Waals surface area (Å²) in [5.41, 5.74) is 6.27. The van der Waals surface area contributed by atoms with Crippen molar-refractivity contribution in [2.24, 2.45) is 11.3 Å². The zero-order valence-corrected chi connectivity index (χ0v) is 13.9. The second kappa shape index (κ2) is 5.50. The van der Waals surface area contributed by atoms with Gasteiger partial charge in [0.15, 0.2) is 0 Å². The molecule has 118 valence electrons. The van der Waals surface area contributed by atoms with Gasteiger partial charge in [0.1, 0.15) is 5.75 Å². The highest BCUT2D eigenvalue weighted by Gasteiger charge is 2.37. The number of nitrogens with zero attached hydrogens (tertiary/aromatic N) is 1. The van der Waals surface area contributed by atoms with E-state index < -0.39 is 10.0 Å². The first kappa shape index (κ1) is 16.1. The summed E-state index contributed by atoms with van der Waals surface area (Å²) < 4.78 is 32.0. The lowest BCUT2D eigenvalue weighted by molar-refractivity contribution is 0.252. The summed E-state index contributed by atoms with van der Waals surface area (Å²) in [5, 5.41) is 0. The molecule has 1 aromatic carbocycles. The summed E-state index contributed by atoms with van der Waals surface area (Å²) in [6, 6.07) is 4.62. The topological polar surface area (TPSA) is 72.6 Å². The van der Waals surface area contributed by atoms with Crippen molar-refractivity contribution >= 4 is 15.7 Å². The Morgan fingerprint density at radius 3 is 2.48 bits per heavy atom. The van der Waals surface area contributed by atoms with E-state index in [2.05, 4.69) is 20.8 Å². The van der Waals surface area contributed by atoms with E-state index in [9.17, 15) is 8.42 Å². The molecule has 1 fully saturated rings. The molecule has 1 unspecified atom stereocenters. The van der Waals surface area contributed by atoms with E-state index in [1.165, 1.54) is 13.2 Å². The van der Waals surface area contributed by atoms with Crippen LogP contribution >= 0.6 is 0 Å². The highest BCUT2D eigenvalue weighted by atomic mass is 32.2. The van der Waals surface area contributed by atoms with Crippen molar-refractivity contribution < 1.29 is 13.2 Å². The average molecular weight is 312 g/mol. The molecule has 0 aliphatic carbocycles. The minimum atomic E-state index is -3.48. The molecule has 1 aromatic rings. The molecule has 0 saturated carbocycles. The first-order chi connectivity index (χ1) is 9.66. The molecule has 1 atom stereocenters. The van der Waals surface area contributed by atoms with Crippen molar-refractivity contribution in [2.45, 2.75) is 32.1 Å². The molecule has 0 amide bonds. The standard InChI is InChI=1S/C15H24N2O3S/c1-15(2,3)11-7-8-17(10-11)21(18,19)12-5-6-14(20-4)13(16)9-12/h5-6,9,11H,7-8,10,16H2,1-4H3. The van der Waals surface area contributed by atoms with Crippen molar-refractivity contribution in [1.82, 2.24) is 4.31 Å². The Hall–Kier alpha value is -1.27. The van der Waals surface area contributed by atoms with Gasteiger partial charge in [-0.2, -0.15) is 4.31 Å². The molecular formula is C15H24N2O3S. The maximum atomic E-state index is 12.7. The largest absolute Gasteiger partial charge is 0.495 e. The van der Waals surface area contributed by atoms with Crippen LogP contribution in [-0.4, -0.2) is 32.9 Å². The molecule has 0 spiro atoms. The quantitative estimate of drug-likeness (QED) is 0.870. The second-order valence-corrected chi connectivity index (χ2v) is 8.56. The Morgan fingerprint density at radius 1 is 1.33 bits per heavy atom. The first-order valence-electron chi connectivity index (χ1n) is 7.10. The van der Waals surface area contributed by atoms with Crippen molar-refractivity contribution in [2.75, 3.05) is 25.9 Å². The second-order valence-electron chi connectivity index (χ2n) is 6.62. The van der Waals surface area contributed by atoms with Gasteiger partial charge in [-0.1, -0.05) is 20.8 Å². The number of hydrogen-bond acceptors (Lipinski definition) is 4. The van der Waals surface area contributed by atoms with Crippen LogP contribution in [0.25, 0.3) is 0 Å². The molecule has 6 heteroatoms. The monoisotopic (exact) mass is 312 g/mol. The third-order valence-electron chi connectivity index (χ3n) is 4.21. The van der Waals surface area contributed by atoms with Crippen molar-refractivity contribution in [3.63, 3.8) is 0 Å². The zero-order chi connectivity index (χ0) is 15.8. The van der Waals surface area contributed by atoms with Crippen molar-refractivity contribution in [3.8, 4) is 5.75 Å². The lowest BCUT2D eigenvalue weighted by atomic mass is 9.80. The van der Waals surface area contributed by atoms with Crippen LogP contribution in [0, 0.1) is 11.3 Å². The summed E-state index contributed by atoms with van der Waals surface area (Å²) in [6.45, 7) is 7.59. The number of nitrogens with two attached hydrogens (primary N) is 1. The van der Waals surface area contributed by atoms with Crippen LogP contribution in [0.2, 0.25) is 0 Å². The number of ether oxygens (including phenoxy) is 1. The van der Waals surface area contributed by atoms with E-state index in [0.29, 0.717) is 30.4 Å². The number of methoxy groups -OCH3 is 1. The van der Waals surface area contributed by atoms with E-state index in [0.717, 1.165) is 6.42 Å². The average Bonchev–Trinajstić information content (AvgIpc) is 2.88. The maximum absolute atomic E-state index is 12.7. The predicted molar refractivity (Wildman–Crippen MR) is 83.7 cm³/mol. The fourth-order valence-corrected chi connectivity index (χ4v) is 4.21. The van der Waals surface area contributed by atoms with E-state index in [4.69, 9.17) is 10.5 Å². The molecule has 5 nitrogen and oxygen atoms in total. The number of sulfonamides is 1. The van der Waals surface area contributed by atoms with Gasteiger partial charge in [0.25, 0.3) is 0 Å². The van der Waals surface area contributed by atoms with E-state index in [1.54, 1.807) is 16.4 Å². The number of anilines is 1. The van der Waals surface area contributed by atoms with Crippen LogP contribution in [0.3, 0.4) is 0 Å². The summed E-state index contributed by atoms with van der Waals surface area (Å²) in [5.74, 6) is 0.866. The normalized spacial score (nSPS) is 20.7. The molecule has 2 rings (SSSR count). The Kier molecular flexibility index (Phi) is 4.22. The number of hydrogen-bond donors (Lipinski definition) is 1. The van der Waals surface area contributed by atoms with Crippen LogP contribution in [0.4, 0.5) is 5.69 Å². The molecule has 2 N–H and O–H groups in total. The molecule has 1 heterocycles. The minimum absolute atomic E-state index is 0.114. The van der Waals surface area contributed by atoms with E-state index in [1.807, 2.05) is 0 Å². The summed E-state index contributed by atoms with van der Waals surface area (Å²) in [7, 11) is -1.97. The SMILES string of the molecule is COc1ccc(S(=O)(=O)N2CCC(C(C)(C)C)C2)cc1N. The van der Waals surface area contributed by atoms with Gasteiger partial charge < -0.3 is 10.5 Å². The minimum Gasteiger partial charge on any atom is -0.495 e. The maximum Gasteiger partial charge on any atom is 0.243 e. The highest BCUT2D eigenvalue weighted by molar-refractivity contribution is 7.89. The number of nitrogen functional groups attached to an aromatic ring is 1. The van der Waals surface area contributed by atoms with Crippen LogP contribution in [0.15, 0.2) is 23.1 Å². The summed E-state index contributed by atoms with van der Waals surface area (Å²) in [4.78, 5) is 0.232. The molecule has 1 aliphatic heterocycles. The van der Waals surface area contributed by atoms with Crippen LogP contribution < -0.4 is 10.5 Å². The van der Waals surface area contributed by atoms with E-state index in [-0.39, 0.29) is 10.3 Å². The molecular weight excluding hydrogens is 288 g/mol. The van der Waals surface area contributed by atoms with Gasteiger partial charge in [0, 0.05) is 13.1 Å². The van der Waals surface area contributed by atoms with Crippen molar-refractivity contribution in [1.29, 1.82) is 0 Å². The molecule has 1 saturated heterocycles. The molecule has 0 bridgehead atoms. The molecule has 21 heavy (non-hydrogen) atoms. The van der Waals surface area contributed by atoms with Crippen LogP contribution in [0.5, 0.6) is 5.75 Å². The predicted octanol–water partition coefficient (Wildman–Crippen LogP) is 2.33. The Labute approximate surface area is 127 Å². The lowest BCUT2D eigenvalue weighted by Crippen LogP contribution is -2.31. The van der Waals surface area contributed by atoms with Gasteiger partial charge >= 0.3 is 0 Å². The van der Waals surface area contributed by atoms with Gasteiger partial charge in [-0.05, 0) is 36.0 Å². The van der Waals surface area contributed by atoms with Crippen LogP contribution in [0.1, 0.15) is 27.2 Å². The van der Waals surface area contributed by atoms with Gasteiger partial charge in [-0.3, -0.25) is 0 Å². The Bertz CT molecular complexity index is 620. The number of benzene rings is 1. The van der Waals surface area contributed by atoms with Gasteiger partial charge in [0.05, 0.1) is 17.7 Å². The Morgan fingerprint density at radius 2 is 2.00 bits per heavy atom. The first-order valence-corrected chi connectivity index (χ1v) is 8.54. The van der Waals surface area contributed by atoms with E-state index >= 15 is 0 Å². The number of rotatable bonds is 3. The molecule has 0 aromatic heterocycles. The fraction of sp³-hybridized carbons (Fsp3) is 0.600. The summed E-state index contributed by atoms with van der Waals surface area (Å²) >= 11 is 0. The van der Waals surface area contributed by atoms with Crippen LogP contribution in [-0.2, 0) is 10.0 Å². The van der Waals surface area contributed by atoms with Gasteiger partial charge in [-0.25, -0.2) is 8.42 Å². The van der Waals surface area contributed by atoms with Gasteiger partial charge in [-0.15, -0.1) is 0 Å². The third-order valence-corrected chi connectivity index (χ3v) is 6.08. The van der Waals surface area contributed by atoms with Crippen molar-refractivity contribution in [3.05, 3.63) is 18.2 Å². The molecule has 1 aliphatic rings. The Balaban J connectivity index is 2.25. The lowest BCUT2D eigenvalue weighted by Gasteiger charge is -2.26.